The fourth-order valence-electron chi connectivity index (χ4n) is 1.64. The summed E-state index contributed by atoms with van der Waals surface area (Å²) < 4.78 is 0. The number of unbranched alkanes of at least 4 members (excludes halogenated alkanes) is 1. The lowest BCUT2D eigenvalue weighted by Crippen LogP contribution is -2.24. The number of hydrogen-bond donors (Lipinski definition) is 1. The summed E-state index contributed by atoms with van der Waals surface area (Å²) in [4.78, 5) is 6.77. The Morgan fingerprint density at radius 3 is 2.56 bits per heavy atom. The van der Waals surface area contributed by atoms with E-state index in [4.69, 9.17) is 5.73 Å². The van der Waals surface area contributed by atoms with Crippen LogP contribution in [0.1, 0.15) is 45.2 Å². The highest BCUT2D eigenvalue weighted by atomic mass is 15.2. The molecular formula is C13H23N3. The smallest absolute Gasteiger partial charge is 0.128 e. The van der Waals surface area contributed by atoms with Crippen molar-refractivity contribution in [2.45, 2.75) is 39.7 Å². The summed E-state index contributed by atoms with van der Waals surface area (Å²) in [5, 5.41) is 0. The summed E-state index contributed by atoms with van der Waals surface area (Å²) in [6.45, 7) is 8.44. The fraction of sp³-hybridized carbons (Fsp3) is 0.615. The third-order valence-electron chi connectivity index (χ3n) is 2.78. The van der Waals surface area contributed by atoms with E-state index < -0.39 is 0 Å². The Morgan fingerprint density at radius 1 is 1.38 bits per heavy atom. The molecule has 90 valence electrons. The summed E-state index contributed by atoms with van der Waals surface area (Å²) in [5.41, 5.74) is 6.89. The van der Waals surface area contributed by atoms with E-state index in [1.54, 1.807) is 0 Å². The van der Waals surface area contributed by atoms with Gasteiger partial charge in [-0.25, -0.2) is 4.98 Å². The van der Waals surface area contributed by atoms with Crippen LogP contribution in [0.3, 0.4) is 0 Å². The van der Waals surface area contributed by atoms with Crippen LogP contribution in [0, 0.1) is 0 Å². The molecule has 0 radical (unpaired) electrons. The van der Waals surface area contributed by atoms with E-state index >= 15 is 0 Å². The van der Waals surface area contributed by atoms with E-state index in [1.807, 2.05) is 13.1 Å². The lowest BCUT2D eigenvalue weighted by atomic mass is 10.1. The molecule has 0 aliphatic carbocycles. The molecule has 3 nitrogen and oxygen atoms in total. The zero-order chi connectivity index (χ0) is 12.0. The molecule has 3 heteroatoms. The first kappa shape index (κ1) is 13.0. The van der Waals surface area contributed by atoms with Gasteiger partial charge in [-0.2, -0.15) is 0 Å². The van der Waals surface area contributed by atoms with Gasteiger partial charge >= 0.3 is 0 Å². The highest BCUT2D eigenvalue weighted by Crippen LogP contribution is 2.15. The number of nitrogens with two attached hydrogens (primary N) is 1. The Hall–Kier alpha value is -1.09. The first-order valence-corrected chi connectivity index (χ1v) is 6.15. The molecule has 0 aromatic carbocycles. The minimum atomic E-state index is 0.0623. The van der Waals surface area contributed by atoms with E-state index in [9.17, 15) is 0 Å². The Bertz CT molecular complexity index is 293. The molecule has 0 fully saturated rings. The first-order chi connectivity index (χ1) is 7.69. The average Bonchev–Trinajstić information content (AvgIpc) is 2.30. The van der Waals surface area contributed by atoms with Crippen LogP contribution in [0.15, 0.2) is 18.3 Å². The summed E-state index contributed by atoms with van der Waals surface area (Å²) in [7, 11) is 0. The largest absolute Gasteiger partial charge is 0.357 e. The van der Waals surface area contributed by atoms with Crippen LogP contribution >= 0.6 is 0 Å². The van der Waals surface area contributed by atoms with Crippen LogP contribution in [0.2, 0.25) is 0 Å². The monoisotopic (exact) mass is 221 g/mol. The van der Waals surface area contributed by atoms with Gasteiger partial charge in [0.15, 0.2) is 0 Å². The molecule has 0 aliphatic rings. The second-order valence-electron chi connectivity index (χ2n) is 4.17. The number of aromatic nitrogens is 1. The van der Waals surface area contributed by atoms with Crippen molar-refractivity contribution >= 4 is 5.82 Å². The summed E-state index contributed by atoms with van der Waals surface area (Å²) in [6, 6.07) is 4.20. The molecule has 1 aromatic rings. The topological polar surface area (TPSA) is 42.1 Å². The van der Waals surface area contributed by atoms with Gasteiger partial charge in [0, 0.05) is 25.3 Å². The van der Waals surface area contributed by atoms with Crippen LogP contribution in [0.5, 0.6) is 0 Å². The third kappa shape index (κ3) is 3.49. The normalized spacial score (nSPS) is 12.5. The molecule has 2 N–H and O–H groups in total. The molecule has 0 unspecified atom stereocenters. The Labute approximate surface area is 98.7 Å². The zero-order valence-electron chi connectivity index (χ0n) is 10.6. The van der Waals surface area contributed by atoms with Crippen LogP contribution < -0.4 is 10.6 Å². The number of rotatable bonds is 6. The molecule has 16 heavy (non-hydrogen) atoms. The molecule has 0 aliphatic heterocycles. The van der Waals surface area contributed by atoms with Gasteiger partial charge in [-0.3, -0.25) is 0 Å². The second-order valence-corrected chi connectivity index (χ2v) is 4.17. The van der Waals surface area contributed by atoms with Crippen molar-refractivity contribution in [2.24, 2.45) is 5.73 Å². The van der Waals surface area contributed by atoms with Crippen LogP contribution in [0.25, 0.3) is 0 Å². The van der Waals surface area contributed by atoms with Crippen molar-refractivity contribution < 1.29 is 0 Å². The predicted molar refractivity (Wildman–Crippen MR) is 69.6 cm³/mol. The highest BCUT2D eigenvalue weighted by molar-refractivity contribution is 5.39. The van der Waals surface area contributed by atoms with E-state index in [0.29, 0.717) is 0 Å². The SMILES string of the molecule is CCCCN(CC)c1ccc([C@H](C)N)cn1. The van der Waals surface area contributed by atoms with Gasteiger partial charge in [0.05, 0.1) is 0 Å². The number of hydrogen-bond acceptors (Lipinski definition) is 3. The molecule has 1 rings (SSSR count). The minimum Gasteiger partial charge on any atom is -0.357 e. The van der Waals surface area contributed by atoms with Crippen molar-refractivity contribution in [2.75, 3.05) is 18.0 Å². The maximum Gasteiger partial charge on any atom is 0.128 e. The molecular weight excluding hydrogens is 198 g/mol. The Morgan fingerprint density at radius 2 is 2.12 bits per heavy atom. The van der Waals surface area contributed by atoms with Crippen LogP contribution in [0.4, 0.5) is 5.82 Å². The van der Waals surface area contributed by atoms with E-state index in [2.05, 4.69) is 35.9 Å². The van der Waals surface area contributed by atoms with Crippen molar-refractivity contribution in [3.05, 3.63) is 23.9 Å². The molecule has 0 saturated heterocycles. The minimum absolute atomic E-state index is 0.0623. The highest BCUT2D eigenvalue weighted by Gasteiger charge is 2.06. The molecule has 0 spiro atoms. The lowest BCUT2D eigenvalue weighted by molar-refractivity contribution is 0.722. The average molecular weight is 221 g/mol. The predicted octanol–water partition coefficient (Wildman–Crippen LogP) is 2.73. The molecule has 1 aromatic heterocycles. The van der Waals surface area contributed by atoms with Gasteiger partial charge in [-0.05, 0) is 31.9 Å². The number of nitrogens with zero attached hydrogens (tertiary/aromatic N) is 2. The number of anilines is 1. The first-order valence-electron chi connectivity index (χ1n) is 6.15. The molecule has 0 amide bonds. The van der Waals surface area contributed by atoms with Gasteiger partial charge in [-0.1, -0.05) is 19.4 Å². The van der Waals surface area contributed by atoms with Crippen molar-refractivity contribution in [1.29, 1.82) is 0 Å². The third-order valence-corrected chi connectivity index (χ3v) is 2.78. The maximum absolute atomic E-state index is 5.80. The standard InChI is InChI=1S/C13H23N3/c1-4-6-9-16(5-2)13-8-7-12(10-15-13)11(3)14/h7-8,10-11H,4-6,9,14H2,1-3H3/t11-/m0/s1. The van der Waals surface area contributed by atoms with Gasteiger partial charge in [0.2, 0.25) is 0 Å². The van der Waals surface area contributed by atoms with Gasteiger partial charge < -0.3 is 10.6 Å². The van der Waals surface area contributed by atoms with Crippen molar-refractivity contribution in [3.8, 4) is 0 Å². The van der Waals surface area contributed by atoms with Crippen molar-refractivity contribution in [1.82, 2.24) is 4.98 Å². The Kier molecular flexibility index (Phi) is 5.26. The summed E-state index contributed by atoms with van der Waals surface area (Å²) >= 11 is 0. The molecule has 0 bridgehead atoms. The van der Waals surface area contributed by atoms with E-state index in [0.717, 1.165) is 24.5 Å². The molecule has 0 saturated carbocycles. The Balaban J connectivity index is 2.70. The lowest BCUT2D eigenvalue weighted by Gasteiger charge is -2.22. The summed E-state index contributed by atoms with van der Waals surface area (Å²) in [6.07, 6.45) is 4.31. The quantitative estimate of drug-likeness (QED) is 0.803. The van der Waals surface area contributed by atoms with Gasteiger partial charge in [0.1, 0.15) is 5.82 Å². The second kappa shape index (κ2) is 6.48. The van der Waals surface area contributed by atoms with Crippen LogP contribution in [-0.4, -0.2) is 18.1 Å². The number of pyridine rings is 1. The van der Waals surface area contributed by atoms with Crippen LogP contribution in [-0.2, 0) is 0 Å². The van der Waals surface area contributed by atoms with E-state index in [1.165, 1.54) is 12.8 Å². The molecule has 1 heterocycles. The zero-order valence-corrected chi connectivity index (χ0v) is 10.6. The van der Waals surface area contributed by atoms with Gasteiger partial charge in [-0.15, -0.1) is 0 Å². The summed E-state index contributed by atoms with van der Waals surface area (Å²) in [5.74, 6) is 1.06. The fourth-order valence-corrected chi connectivity index (χ4v) is 1.64. The van der Waals surface area contributed by atoms with Gasteiger partial charge in [0.25, 0.3) is 0 Å². The van der Waals surface area contributed by atoms with Crippen molar-refractivity contribution in [3.63, 3.8) is 0 Å². The van der Waals surface area contributed by atoms with E-state index in [-0.39, 0.29) is 6.04 Å². The maximum atomic E-state index is 5.80. The molecule has 1 atom stereocenters.